The Balaban J connectivity index is 1.58. The van der Waals surface area contributed by atoms with E-state index in [0.29, 0.717) is 23.8 Å². The molecule has 1 aliphatic rings. The van der Waals surface area contributed by atoms with Gasteiger partial charge >= 0.3 is 0 Å². The van der Waals surface area contributed by atoms with Gasteiger partial charge in [0.15, 0.2) is 0 Å². The minimum Gasteiger partial charge on any atom is -0.345 e. The molecule has 0 saturated heterocycles. The summed E-state index contributed by atoms with van der Waals surface area (Å²) in [4.78, 5) is 27.3. The smallest absolute Gasteiger partial charge is 0.243 e. The molecule has 1 fully saturated rings. The minimum atomic E-state index is -3.97. The number of carbonyl (C=O) groups excluding carboxylic acids is 2. The lowest BCUT2D eigenvalue weighted by molar-refractivity contribution is -0.135. The first-order chi connectivity index (χ1) is 19.6. The fourth-order valence-electron chi connectivity index (χ4n) is 5.36. The molecular weight excluding hydrogens is 560 g/mol. The van der Waals surface area contributed by atoms with Crippen LogP contribution in [0.15, 0.2) is 71.8 Å². The number of benzene rings is 2. The van der Waals surface area contributed by atoms with Gasteiger partial charge in [0.1, 0.15) is 0 Å². The maximum Gasteiger partial charge on any atom is 0.243 e. The standard InChI is InChI=1S/C31H39ClN4O4S/c1-23(2)36(41(39,40)29-17-15-26(16-18-29)33-24(3)37)22-31(38)35(27-11-5-4-6-12-27)21-28-13-9-19-34(28)20-25-10-7-8-14-30(25)32/h7-10,13-19,23,27H,4-6,11-12,20-22H2,1-3H3,(H,33,37). The second-order valence-corrected chi connectivity index (χ2v) is 13.2. The first kappa shape index (κ1) is 30.8. The van der Waals surface area contributed by atoms with E-state index in [1.807, 2.05) is 47.5 Å². The Morgan fingerprint density at radius 2 is 1.68 bits per heavy atom. The monoisotopic (exact) mass is 598 g/mol. The summed E-state index contributed by atoms with van der Waals surface area (Å²) in [7, 11) is -3.97. The molecule has 1 aliphatic carbocycles. The quantitative estimate of drug-likeness (QED) is 0.297. The number of hydrogen-bond acceptors (Lipinski definition) is 4. The molecule has 0 aliphatic heterocycles. The van der Waals surface area contributed by atoms with E-state index in [0.717, 1.165) is 43.4 Å². The minimum absolute atomic E-state index is 0.0496. The van der Waals surface area contributed by atoms with Crippen molar-refractivity contribution in [2.75, 3.05) is 11.9 Å². The maximum absolute atomic E-state index is 14.0. The molecule has 1 N–H and O–H groups in total. The highest BCUT2D eigenvalue weighted by molar-refractivity contribution is 7.89. The first-order valence-electron chi connectivity index (χ1n) is 14.1. The lowest BCUT2D eigenvalue weighted by atomic mass is 9.94. The molecule has 2 amide bonds. The van der Waals surface area contributed by atoms with Crippen LogP contribution in [0.3, 0.4) is 0 Å². The van der Waals surface area contributed by atoms with Gasteiger partial charge < -0.3 is 14.8 Å². The molecule has 1 aromatic heterocycles. The van der Waals surface area contributed by atoms with Gasteiger partial charge in [0.2, 0.25) is 21.8 Å². The number of rotatable bonds is 11. The number of sulfonamides is 1. The number of halogens is 1. The highest BCUT2D eigenvalue weighted by Crippen LogP contribution is 2.27. The van der Waals surface area contributed by atoms with E-state index < -0.39 is 16.1 Å². The van der Waals surface area contributed by atoms with Gasteiger partial charge in [-0.2, -0.15) is 4.31 Å². The van der Waals surface area contributed by atoms with E-state index in [1.165, 1.54) is 23.4 Å². The summed E-state index contributed by atoms with van der Waals surface area (Å²) >= 11 is 6.42. The third-order valence-electron chi connectivity index (χ3n) is 7.54. The number of aromatic nitrogens is 1. The molecule has 0 bridgehead atoms. The van der Waals surface area contributed by atoms with Crippen molar-refractivity contribution in [1.82, 2.24) is 13.8 Å². The van der Waals surface area contributed by atoms with E-state index in [9.17, 15) is 18.0 Å². The van der Waals surface area contributed by atoms with Gasteiger partial charge in [-0.05, 0) is 74.7 Å². The van der Waals surface area contributed by atoms with Crippen LogP contribution in [0, 0.1) is 0 Å². The molecule has 10 heteroatoms. The zero-order valence-electron chi connectivity index (χ0n) is 23.9. The Morgan fingerprint density at radius 1 is 1.00 bits per heavy atom. The zero-order valence-corrected chi connectivity index (χ0v) is 25.5. The van der Waals surface area contributed by atoms with Crippen molar-refractivity contribution in [3.05, 3.63) is 83.1 Å². The van der Waals surface area contributed by atoms with E-state index in [-0.39, 0.29) is 29.3 Å². The summed E-state index contributed by atoms with van der Waals surface area (Å²) in [6.45, 7) is 5.65. The van der Waals surface area contributed by atoms with Gasteiger partial charge in [0.25, 0.3) is 0 Å². The van der Waals surface area contributed by atoms with E-state index in [4.69, 9.17) is 11.6 Å². The van der Waals surface area contributed by atoms with Crippen LogP contribution in [-0.2, 0) is 32.7 Å². The molecule has 0 spiro atoms. The Hall–Kier alpha value is -3.14. The third-order valence-corrected chi connectivity index (χ3v) is 9.94. The number of anilines is 1. The summed E-state index contributed by atoms with van der Waals surface area (Å²) in [5.41, 5.74) is 2.46. The average Bonchev–Trinajstić information content (AvgIpc) is 3.38. The first-order valence-corrected chi connectivity index (χ1v) is 15.9. The van der Waals surface area contributed by atoms with Crippen molar-refractivity contribution in [3.8, 4) is 0 Å². The highest BCUT2D eigenvalue weighted by Gasteiger charge is 2.33. The van der Waals surface area contributed by atoms with Crippen LogP contribution < -0.4 is 5.32 Å². The molecule has 3 aromatic rings. The van der Waals surface area contributed by atoms with Gasteiger partial charge in [-0.25, -0.2) is 8.42 Å². The summed E-state index contributed by atoms with van der Waals surface area (Å²) in [5.74, 6) is -0.453. The number of hydrogen-bond donors (Lipinski definition) is 1. The largest absolute Gasteiger partial charge is 0.345 e. The van der Waals surface area contributed by atoms with Crippen molar-refractivity contribution >= 4 is 39.1 Å². The van der Waals surface area contributed by atoms with E-state index in [2.05, 4.69) is 9.88 Å². The fourth-order valence-corrected chi connectivity index (χ4v) is 7.15. The normalized spacial score (nSPS) is 14.4. The number of amides is 2. The van der Waals surface area contributed by atoms with Crippen molar-refractivity contribution in [2.24, 2.45) is 0 Å². The predicted octanol–water partition coefficient (Wildman–Crippen LogP) is 5.91. The van der Waals surface area contributed by atoms with Gasteiger partial charge in [-0.15, -0.1) is 0 Å². The van der Waals surface area contributed by atoms with Crippen LogP contribution in [-0.4, -0.2) is 52.6 Å². The Kier molecular flexibility index (Phi) is 10.3. The molecule has 220 valence electrons. The molecule has 2 aromatic carbocycles. The molecule has 8 nitrogen and oxygen atoms in total. The number of nitrogens with one attached hydrogen (secondary N) is 1. The van der Waals surface area contributed by atoms with Crippen LogP contribution in [0.5, 0.6) is 0 Å². The molecule has 1 saturated carbocycles. The summed E-state index contributed by atoms with van der Waals surface area (Å²) in [6, 6.07) is 17.3. The van der Waals surface area contributed by atoms with E-state index in [1.54, 1.807) is 26.0 Å². The third kappa shape index (κ3) is 7.78. The van der Waals surface area contributed by atoms with Gasteiger partial charge in [-0.3, -0.25) is 9.59 Å². The second kappa shape index (κ2) is 13.7. The number of carbonyl (C=O) groups is 2. The fraction of sp³-hybridized carbons (Fsp3) is 0.419. The second-order valence-electron chi connectivity index (χ2n) is 10.9. The van der Waals surface area contributed by atoms with Crippen LogP contribution in [0.4, 0.5) is 5.69 Å². The molecule has 41 heavy (non-hydrogen) atoms. The SMILES string of the molecule is CC(=O)Nc1ccc(S(=O)(=O)N(CC(=O)N(Cc2cccn2Cc2ccccc2Cl)C2CCCCC2)C(C)C)cc1. The summed E-state index contributed by atoms with van der Waals surface area (Å²) < 4.78 is 30.8. The predicted molar refractivity (Wildman–Crippen MR) is 162 cm³/mol. The van der Waals surface area contributed by atoms with Crippen LogP contribution in [0.25, 0.3) is 0 Å². The van der Waals surface area contributed by atoms with Crippen LogP contribution in [0.1, 0.15) is 64.1 Å². The number of nitrogens with zero attached hydrogens (tertiary/aromatic N) is 3. The van der Waals surface area contributed by atoms with Crippen molar-refractivity contribution in [2.45, 2.75) is 82.9 Å². The summed E-state index contributed by atoms with van der Waals surface area (Å²) in [6.07, 6.45) is 7.01. The van der Waals surface area contributed by atoms with Gasteiger partial charge in [-0.1, -0.05) is 49.1 Å². The zero-order chi connectivity index (χ0) is 29.6. The molecule has 1 heterocycles. The van der Waals surface area contributed by atoms with Crippen molar-refractivity contribution in [1.29, 1.82) is 0 Å². The Labute approximate surface area is 248 Å². The van der Waals surface area contributed by atoms with Crippen LogP contribution >= 0.6 is 11.6 Å². The van der Waals surface area contributed by atoms with Crippen LogP contribution in [0.2, 0.25) is 5.02 Å². The molecular formula is C31H39ClN4O4S. The highest BCUT2D eigenvalue weighted by atomic mass is 35.5. The average molecular weight is 599 g/mol. The molecule has 0 atom stereocenters. The lowest BCUT2D eigenvalue weighted by Gasteiger charge is -2.36. The maximum atomic E-state index is 14.0. The lowest BCUT2D eigenvalue weighted by Crippen LogP contribution is -2.49. The van der Waals surface area contributed by atoms with Gasteiger partial charge in [0, 0.05) is 48.2 Å². The molecule has 0 radical (unpaired) electrons. The van der Waals surface area contributed by atoms with Gasteiger partial charge in [0.05, 0.1) is 18.0 Å². The van der Waals surface area contributed by atoms with Crippen molar-refractivity contribution in [3.63, 3.8) is 0 Å². The van der Waals surface area contributed by atoms with E-state index >= 15 is 0 Å². The Morgan fingerprint density at radius 3 is 2.32 bits per heavy atom. The summed E-state index contributed by atoms with van der Waals surface area (Å²) in [5, 5.41) is 3.34. The molecule has 0 unspecified atom stereocenters. The molecule has 4 rings (SSSR count). The van der Waals surface area contributed by atoms with Crippen molar-refractivity contribution < 1.29 is 18.0 Å². The topological polar surface area (TPSA) is 91.7 Å². The Bertz CT molecular complexity index is 1450.